The molecule has 0 saturated carbocycles. The minimum Gasteiger partial charge on any atom is -0.496 e. The highest BCUT2D eigenvalue weighted by molar-refractivity contribution is 8.12. The number of nitrogens with one attached hydrogen (secondary N) is 2. The topological polar surface area (TPSA) is 80.3 Å². The van der Waals surface area contributed by atoms with Gasteiger partial charge in [-0.3, -0.25) is 9.52 Å². The number of aryl methyl sites for hydroxylation is 1. The predicted molar refractivity (Wildman–Crippen MR) is 127 cm³/mol. The van der Waals surface area contributed by atoms with Crippen molar-refractivity contribution >= 4 is 50.3 Å². The molecule has 0 saturated heterocycles. The first kappa shape index (κ1) is 20.9. The molecule has 0 bridgehead atoms. The van der Waals surface area contributed by atoms with Crippen molar-refractivity contribution in [3.8, 4) is 16.3 Å². The van der Waals surface area contributed by atoms with E-state index in [1.54, 1.807) is 35.6 Å². The van der Waals surface area contributed by atoms with Crippen molar-refractivity contribution in [1.29, 1.82) is 0 Å². The summed E-state index contributed by atoms with van der Waals surface area (Å²) in [5, 5.41) is 3.38. The van der Waals surface area contributed by atoms with Crippen molar-refractivity contribution in [2.75, 3.05) is 12.4 Å². The molecular weight excluding hydrogens is 430 g/mol. The van der Waals surface area contributed by atoms with E-state index < -0.39 is 6.03 Å². The summed E-state index contributed by atoms with van der Waals surface area (Å²) in [6, 6.07) is 20.2. The third-order valence-corrected chi connectivity index (χ3v) is 6.37. The lowest BCUT2D eigenvalue weighted by molar-refractivity contribution is 0.108. The second kappa shape index (κ2) is 9.20. The van der Waals surface area contributed by atoms with Gasteiger partial charge in [0.25, 0.3) is 0 Å². The highest BCUT2D eigenvalue weighted by atomic mass is 32.2. The van der Waals surface area contributed by atoms with Gasteiger partial charge in [-0.1, -0.05) is 36.4 Å². The molecule has 1 aromatic heterocycles. The van der Waals surface area contributed by atoms with Gasteiger partial charge in [-0.25, -0.2) is 9.78 Å². The largest absolute Gasteiger partial charge is 0.496 e. The highest BCUT2D eigenvalue weighted by Gasteiger charge is 2.15. The SMILES string of the molecule is COc1ccccc1C(=O)SNC(=O)Nc1cc(-c2nc3ccccc3s2)ccc1C. The Morgan fingerprint density at radius 3 is 2.61 bits per heavy atom. The van der Waals surface area contributed by atoms with E-state index in [0.717, 1.165) is 26.4 Å². The summed E-state index contributed by atoms with van der Waals surface area (Å²) in [5.41, 5.74) is 3.81. The lowest BCUT2D eigenvalue weighted by Crippen LogP contribution is -2.24. The van der Waals surface area contributed by atoms with Gasteiger partial charge in [-0.2, -0.15) is 0 Å². The van der Waals surface area contributed by atoms with Crippen LogP contribution >= 0.6 is 23.3 Å². The molecule has 0 unspecified atom stereocenters. The van der Waals surface area contributed by atoms with Crippen molar-refractivity contribution in [1.82, 2.24) is 9.71 Å². The fourth-order valence-electron chi connectivity index (χ4n) is 2.99. The number of para-hydroxylation sites is 2. The number of anilines is 1. The summed E-state index contributed by atoms with van der Waals surface area (Å²) in [6.45, 7) is 1.91. The summed E-state index contributed by atoms with van der Waals surface area (Å²) in [6.07, 6.45) is 0. The fourth-order valence-corrected chi connectivity index (χ4v) is 4.47. The summed E-state index contributed by atoms with van der Waals surface area (Å²) >= 11 is 2.30. The number of rotatable bonds is 4. The molecule has 156 valence electrons. The molecule has 1 heterocycles. The number of amides is 2. The Labute approximate surface area is 187 Å². The van der Waals surface area contributed by atoms with E-state index in [-0.39, 0.29) is 5.12 Å². The quantitative estimate of drug-likeness (QED) is 0.380. The molecule has 4 rings (SSSR count). The number of hydrogen-bond donors (Lipinski definition) is 2. The van der Waals surface area contributed by atoms with Gasteiger partial charge < -0.3 is 10.1 Å². The molecule has 0 fully saturated rings. The number of methoxy groups -OCH3 is 1. The van der Waals surface area contributed by atoms with E-state index in [1.807, 2.05) is 49.4 Å². The van der Waals surface area contributed by atoms with E-state index >= 15 is 0 Å². The zero-order chi connectivity index (χ0) is 21.8. The second-order valence-corrected chi connectivity index (χ2v) is 8.47. The average molecular weight is 450 g/mol. The molecule has 8 heteroatoms. The first-order valence-corrected chi connectivity index (χ1v) is 11.1. The van der Waals surface area contributed by atoms with Gasteiger partial charge in [0.05, 0.1) is 22.9 Å². The van der Waals surface area contributed by atoms with Gasteiger partial charge in [-0.05, 0) is 42.8 Å². The third-order valence-electron chi connectivity index (χ3n) is 4.59. The Balaban J connectivity index is 1.45. The van der Waals surface area contributed by atoms with Crippen molar-refractivity contribution in [3.05, 3.63) is 77.9 Å². The van der Waals surface area contributed by atoms with Crippen LogP contribution in [-0.2, 0) is 0 Å². The van der Waals surface area contributed by atoms with Gasteiger partial charge in [-0.15, -0.1) is 11.3 Å². The van der Waals surface area contributed by atoms with Gasteiger partial charge >= 0.3 is 6.03 Å². The van der Waals surface area contributed by atoms with Crippen LogP contribution in [0.25, 0.3) is 20.8 Å². The van der Waals surface area contributed by atoms with E-state index in [9.17, 15) is 9.59 Å². The molecule has 2 amide bonds. The molecule has 6 nitrogen and oxygen atoms in total. The molecular formula is C23H19N3O3S2. The predicted octanol–water partition coefficient (Wildman–Crippen LogP) is 5.89. The average Bonchev–Trinajstić information content (AvgIpc) is 3.23. The summed E-state index contributed by atoms with van der Waals surface area (Å²) in [5.74, 6) is 0.460. The van der Waals surface area contributed by atoms with Crippen molar-refractivity contribution in [2.45, 2.75) is 6.92 Å². The Morgan fingerprint density at radius 1 is 1.03 bits per heavy atom. The van der Waals surface area contributed by atoms with Crippen LogP contribution in [0.4, 0.5) is 10.5 Å². The number of fused-ring (bicyclic) bond motifs is 1. The maximum absolute atomic E-state index is 12.4. The highest BCUT2D eigenvalue weighted by Crippen LogP contribution is 2.32. The molecule has 0 spiro atoms. The molecule has 0 radical (unpaired) electrons. The fraction of sp³-hybridized carbons (Fsp3) is 0.0870. The monoisotopic (exact) mass is 449 g/mol. The Hall–Kier alpha value is -3.36. The van der Waals surface area contributed by atoms with Gasteiger partial charge in [0.2, 0.25) is 5.12 Å². The molecule has 2 N–H and O–H groups in total. The maximum Gasteiger partial charge on any atom is 0.329 e. The number of ether oxygens (including phenoxy) is 1. The minimum absolute atomic E-state index is 0.312. The molecule has 0 aliphatic rings. The molecule has 0 atom stereocenters. The summed E-state index contributed by atoms with van der Waals surface area (Å²) < 4.78 is 8.84. The maximum atomic E-state index is 12.4. The molecule has 0 aliphatic heterocycles. The molecule has 31 heavy (non-hydrogen) atoms. The number of benzene rings is 3. The Morgan fingerprint density at radius 2 is 1.81 bits per heavy atom. The van der Waals surface area contributed by atoms with Gasteiger partial charge in [0.1, 0.15) is 10.8 Å². The first-order chi connectivity index (χ1) is 15.0. The Bertz CT molecular complexity index is 1240. The van der Waals surface area contributed by atoms with E-state index in [1.165, 1.54) is 7.11 Å². The molecule has 4 aromatic rings. The number of carbonyl (C=O) groups is 2. The van der Waals surface area contributed by atoms with Crippen LogP contribution in [0.2, 0.25) is 0 Å². The number of carbonyl (C=O) groups excluding carboxylic acids is 2. The van der Waals surface area contributed by atoms with Gasteiger partial charge in [0, 0.05) is 23.2 Å². The van der Waals surface area contributed by atoms with Crippen LogP contribution in [-0.4, -0.2) is 23.2 Å². The normalized spacial score (nSPS) is 10.6. The number of urea groups is 1. The number of nitrogens with zero attached hydrogens (tertiary/aromatic N) is 1. The lowest BCUT2D eigenvalue weighted by Gasteiger charge is -2.11. The van der Waals surface area contributed by atoms with Crippen molar-refractivity contribution < 1.29 is 14.3 Å². The Kier molecular flexibility index (Phi) is 6.20. The van der Waals surface area contributed by atoms with Crippen LogP contribution < -0.4 is 14.8 Å². The smallest absolute Gasteiger partial charge is 0.329 e. The molecule has 3 aromatic carbocycles. The summed E-state index contributed by atoms with van der Waals surface area (Å²) in [4.78, 5) is 29.5. The van der Waals surface area contributed by atoms with Crippen LogP contribution in [0.15, 0.2) is 66.7 Å². The summed E-state index contributed by atoms with van der Waals surface area (Å²) in [7, 11) is 1.50. The number of hydrogen-bond acceptors (Lipinski definition) is 6. The minimum atomic E-state index is -0.488. The van der Waals surface area contributed by atoms with Crippen molar-refractivity contribution in [2.24, 2.45) is 0 Å². The number of thiazole rings is 1. The van der Waals surface area contributed by atoms with E-state index in [0.29, 0.717) is 28.9 Å². The first-order valence-electron chi connectivity index (χ1n) is 9.43. The van der Waals surface area contributed by atoms with Crippen LogP contribution in [0.3, 0.4) is 0 Å². The second-order valence-electron chi connectivity index (χ2n) is 6.66. The molecule has 0 aliphatic carbocycles. The van der Waals surface area contributed by atoms with E-state index in [4.69, 9.17) is 4.74 Å². The zero-order valence-corrected chi connectivity index (χ0v) is 18.5. The van der Waals surface area contributed by atoms with Crippen LogP contribution in [0.1, 0.15) is 15.9 Å². The third kappa shape index (κ3) is 4.70. The zero-order valence-electron chi connectivity index (χ0n) is 16.8. The van der Waals surface area contributed by atoms with Gasteiger partial charge in [0.15, 0.2) is 0 Å². The van der Waals surface area contributed by atoms with Crippen LogP contribution in [0, 0.1) is 6.92 Å². The van der Waals surface area contributed by atoms with Crippen molar-refractivity contribution in [3.63, 3.8) is 0 Å². The van der Waals surface area contributed by atoms with Crippen LogP contribution in [0.5, 0.6) is 5.75 Å². The van der Waals surface area contributed by atoms with E-state index in [2.05, 4.69) is 15.0 Å². The lowest BCUT2D eigenvalue weighted by atomic mass is 10.1. The number of aromatic nitrogens is 1. The standard InChI is InChI=1S/C23H19N3O3S2/c1-14-11-12-15(21-24-17-8-4-6-10-20(17)30-21)13-18(14)25-23(28)26-31-22(27)16-7-3-5-9-19(16)29-2/h3-13H,1-2H3,(H2,25,26,28).